The maximum atomic E-state index is 5.77. The van der Waals surface area contributed by atoms with Crippen LogP contribution in [0.3, 0.4) is 0 Å². The maximum Gasteiger partial charge on any atom is 0.127 e. The Morgan fingerprint density at radius 2 is 2.33 bits per heavy atom. The minimum atomic E-state index is 0.635. The Hall–Kier alpha value is -0.950. The van der Waals surface area contributed by atoms with Gasteiger partial charge in [0.2, 0.25) is 0 Å². The fraction of sp³-hybridized carbons (Fsp3) is 0.200. The summed E-state index contributed by atoms with van der Waals surface area (Å²) in [5.41, 5.74) is 0.810. The predicted molar refractivity (Wildman–Crippen MR) is 50.6 cm³/mol. The minimum absolute atomic E-state index is 0.635. The summed E-state index contributed by atoms with van der Waals surface area (Å²) in [4.78, 5) is 0. The molecule has 0 N–H and O–H groups in total. The van der Waals surface area contributed by atoms with Crippen LogP contribution in [0.25, 0.3) is 0 Å². The molecule has 12 heavy (non-hydrogen) atoms. The van der Waals surface area contributed by atoms with Gasteiger partial charge in [0.15, 0.2) is 0 Å². The third-order valence-electron chi connectivity index (χ3n) is 1.43. The van der Waals surface area contributed by atoms with Gasteiger partial charge in [-0.15, -0.1) is 0 Å². The van der Waals surface area contributed by atoms with E-state index in [9.17, 15) is 0 Å². The molecule has 1 radical (unpaired) electrons. The molecule has 1 nitrogen and oxygen atoms in total. The first-order valence-corrected chi connectivity index (χ1v) is 4.11. The van der Waals surface area contributed by atoms with Gasteiger partial charge in [-0.05, 0) is 31.2 Å². The van der Waals surface area contributed by atoms with E-state index < -0.39 is 0 Å². The Morgan fingerprint density at radius 3 is 2.92 bits per heavy atom. The van der Waals surface area contributed by atoms with Crippen molar-refractivity contribution >= 4 is 11.6 Å². The second-order valence-corrected chi connectivity index (χ2v) is 2.69. The van der Waals surface area contributed by atoms with Crippen LogP contribution in [0.5, 0.6) is 5.75 Å². The number of hydrogen-bond acceptors (Lipinski definition) is 1. The van der Waals surface area contributed by atoms with E-state index in [4.69, 9.17) is 16.3 Å². The van der Waals surface area contributed by atoms with Gasteiger partial charge in [-0.1, -0.05) is 18.2 Å². The molecule has 63 valence electrons. The van der Waals surface area contributed by atoms with Gasteiger partial charge < -0.3 is 4.74 Å². The van der Waals surface area contributed by atoms with Crippen molar-refractivity contribution in [3.05, 3.63) is 41.4 Å². The smallest absolute Gasteiger partial charge is 0.127 e. The lowest BCUT2D eigenvalue weighted by Crippen LogP contribution is -1.93. The van der Waals surface area contributed by atoms with Gasteiger partial charge in [0.05, 0.1) is 6.61 Å². The molecule has 0 saturated heterocycles. The zero-order valence-corrected chi connectivity index (χ0v) is 7.69. The molecule has 1 rings (SSSR count). The van der Waals surface area contributed by atoms with Crippen molar-refractivity contribution in [2.45, 2.75) is 6.92 Å². The van der Waals surface area contributed by atoms with Crippen molar-refractivity contribution in [3.63, 3.8) is 0 Å². The maximum absolute atomic E-state index is 5.77. The van der Waals surface area contributed by atoms with Crippen molar-refractivity contribution in [2.24, 2.45) is 0 Å². The number of rotatable bonds is 3. The molecule has 0 bridgehead atoms. The lowest BCUT2D eigenvalue weighted by atomic mass is 10.2. The van der Waals surface area contributed by atoms with Crippen LogP contribution >= 0.6 is 11.6 Å². The average molecular weight is 182 g/mol. The molecule has 0 unspecified atom stereocenters. The first-order valence-electron chi connectivity index (χ1n) is 3.73. The van der Waals surface area contributed by atoms with E-state index in [1.165, 1.54) is 0 Å². The van der Waals surface area contributed by atoms with Gasteiger partial charge in [0.1, 0.15) is 5.75 Å². The van der Waals surface area contributed by atoms with Crippen LogP contribution in [0.1, 0.15) is 12.5 Å². The Labute approximate surface area is 77.6 Å². The molecule has 1 aromatic rings. The van der Waals surface area contributed by atoms with E-state index in [1.807, 2.05) is 13.0 Å². The molecule has 0 amide bonds. The molecule has 2 heteroatoms. The van der Waals surface area contributed by atoms with Gasteiger partial charge in [-0.3, -0.25) is 0 Å². The van der Waals surface area contributed by atoms with Crippen LogP contribution in [0.2, 0.25) is 5.02 Å². The Kier molecular flexibility index (Phi) is 3.18. The van der Waals surface area contributed by atoms with Crippen LogP contribution in [0.15, 0.2) is 24.8 Å². The summed E-state index contributed by atoms with van der Waals surface area (Å²) in [6.45, 7) is 6.12. The highest BCUT2D eigenvalue weighted by atomic mass is 35.5. The highest BCUT2D eigenvalue weighted by Crippen LogP contribution is 2.22. The summed E-state index contributed by atoms with van der Waals surface area (Å²) in [5, 5.41) is 0.671. The first kappa shape index (κ1) is 9.14. The van der Waals surface area contributed by atoms with Crippen LogP contribution in [-0.4, -0.2) is 6.61 Å². The fourth-order valence-corrected chi connectivity index (χ4v) is 1.09. The SMILES string of the molecule is C=[C]c1cc(Cl)ccc1OCC. The molecule has 0 aliphatic rings. The van der Waals surface area contributed by atoms with Crippen LogP contribution in [-0.2, 0) is 0 Å². The standard InChI is InChI=1S/C10H10ClO/c1-3-8-7-9(11)5-6-10(8)12-4-2/h5-7H,1,4H2,2H3. The molecule has 0 aromatic heterocycles. The summed E-state index contributed by atoms with van der Waals surface area (Å²) >= 11 is 5.77. The zero-order chi connectivity index (χ0) is 8.97. The molecule has 0 aliphatic carbocycles. The van der Waals surface area contributed by atoms with Crippen LogP contribution in [0.4, 0.5) is 0 Å². The lowest BCUT2D eigenvalue weighted by Gasteiger charge is -2.06. The number of halogens is 1. The molecule has 0 aliphatic heterocycles. The van der Waals surface area contributed by atoms with Gasteiger partial charge in [0.25, 0.3) is 0 Å². The number of ether oxygens (including phenoxy) is 1. The number of benzene rings is 1. The summed E-state index contributed by atoms with van der Waals surface area (Å²) < 4.78 is 5.32. The highest BCUT2D eigenvalue weighted by Gasteiger charge is 1.99. The Balaban J connectivity index is 3.02. The van der Waals surface area contributed by atoms with Gasteiger partial charge in [-0.25, -0.2) is 0 Å². The van der Waals surface area contributed by atoms with E-state index >= 15 is 0 Å². The highest BCUT2D eigenvalue weighted by molar-refractivity contribution is 6.30. The zero-order valence-electron chi connectivity index (χ0n) is 6.93. The van der Waals surface area contributed by atoms with E-state index in [1.54, 1.807) is 12.1 Å². The quantitative estimate of drug-likeness (QED) is 0.697. The van der Waals surface area contributed by atoms with E-state index in [0.717, 1.165) is 11.3 Å². The molecule has 0 fully saturated rings. The predicted octanol–water partition coefficient (Wildman–Crippen LogP) is 3.08. The van der Waals surface area contributed by atoms with E-state index in [0.29, 0.717) is 11.6 Å². The first-order chi connectivity index (χ1) is 5.77. The monoisotopic (exact) mass is 181 g/mol. The summed E-state index contributed by atoms with van der Waals surface area (Å²) in [7, 11) is 0. The van der Waals surface area contributed by atoms with E-state index in [-0.39, 0.29) is 0 Å². The normalized spacial score (nSPS) is 9.50. The van der Waals surface area contributed by atoms with Gasteiger partial charge in [-0.2, -0.15) is 0 Å². The summed E-state index contributed by atoms with van der Waals surface area (Å²) in [6, 6.07) is 5.38. The van der Waals surface area contributed by atoms with Crippen molar-refractivity contribution in [1.82, 2.24) is 0 Å². The van der Waals surface area contributed by atoms with Crippen LogP contribution < -0.4 is 4.74 Å². The molecule has 0 atom stereocenters. The molecule has 0 saturated carbocycles. The van der Waals surface area contributed by atoms with Crippen molar-refractivity contribution < 1.29 is 4.74 Å². The molecule has 0 heterocycles. The largest absolute Gasteiger partial charge is 0.493 e. The van der Waals surface area contributed by atoms with Gasteiger partial charge >= 0.3 is 0 Å². The summed E-state index contributed by atoms with van der Waals surface area (Å²) in [5.74, 6) is 0.775. The topological polar surface area (TPSA) is 9.23 Å². The Morgan fingerprint density at radius 1 is 1.58 bits per heavy atom. The Bertz CT molecular complexity index is 281. The molecular formula is C10H10ClO. The second-order valence-electron chi connectivity index (χ2n) is 2.25. The van der Waals surface area contributed by atoms with Crippen molar-refractivity contribution in [1.29, 1.82) is 0 Å². The van der Waals surface area contributed by atoms with Crippen LogP contribution in [0, 0.1) is 6.08 Å². The third-order valence-corrected chi connectivity index (χ3v) is 1.67. The lowest BCUT2D eigenvalue weighted by molar-refractivity contribution is 0.339. The fourth-order valence-electron chi connectivity index (χ4n) is 0.922. The molecular weight excluding hydrogens is 172 g/mol. The van der Waals surface area contributed by atoms with E-state index in [2.05, 4.69) is 12.7 Å². The molecule has 1 aromatic carbocycles. The minimum Gasteiger partial charge on any atom is -0.493 e. The van der Waals surface area contributed by atoms with Crippen molar-refractivity contribution in [3.8, 4) is 5.75 Å². The summed E-state index contributed by atoms with van der Waals surface area (Å²) in [6.07, 6.45) is 2.76. The average Bonchev–Trinajstić information content (AvgIpc) is 2.08. The van der Waals surface area contributed by atoms with Crippen molar-refractivity contribution in [2.75, 3.05) is 6.61 Å². The van der Waals surface area contributed by atoms with Gasteiger partial charge in [0, 0.05) is 10.6 Å². The second kappa shape index (κ2) is 4.17. The third kappa shape index (κ3) is 2.02. The molecule has 0 spiro atoms. The number of hydrogen-bond donors (Lipinski definition) is 0.